The van der Waals surface area contributed by atoms with E-state index in [1.807, 2.05) is 13.8 Å². The second kappa shape index (κ2) is 8.19. The van der Waals surface area contributed by atoms with Crippen molar-refractivity contribution in [2.45, 2.75) is 39.2 Å². The van der Waals surface area contributed by atoms with Gasteiger partial charge in [0.05, 0.1) is 6.33 Å². The molecule has 0 radical (unpaired) electrons. The van der Waals surface area contributed by atoms with Gasteiger partial charge in [-0.3, -0.25) is 0 Å². The molecular formula is C13H22N4O3. The Hall–Kier alpha value is -2.05. The van der Waals surface area contributed by atoms with Crippen LogP contribution in [0.1, 0.15) is 32.4 Å². The Labute approximate surface area is 118 Å². The first-order valence-electron chi connectivity index (χ1n) is 6.84. The Balaban J connectivity index is 2.64. The molecule has 20 heavy (non-hydrogen) atoms. The number of nitrogens with zero attached hydrogens (tertiary/aromatic N) is 2. The van der Waals surface area contributed by atoms with Crippen molar-refractivity contribution < 1.29 is 14.7 Å². The van der Waals surface area contributed by atoms with Gasteiger partial charge in [-0.05, 0) is 12.8 Å². The minimum absolute atomic E-state index is 0.188. The van der Waals surface area contributed by atoms with Gasteiger partial charge in [-0.25, -0.2) is 14.6 Å². The number of rotatable bonds is 8. The van der Waals surface area contributed by atoms with Crippen LogP contribution in [-0.2, 0) is 11.2 Å². The summed E-state index contributed by atoms with van der Waals surface area (Å²) < 4.78 is 0. The summed E-state index contributed by atoms with van der Waals surface area (Å²) in [5.41, 5.74) is 0.676. The van der Waals surface area contributed by atoms with Crippen LogP contribution in [0.5, 0.6) is 0 Å². The normalized spacial score (nSPS) is 11.9. The Kier molecular flexibility index (Phi) is 6.55. The lowest BCUT2D eigenvalue weighted by atomic mass is 10.1. The molecule has 0 unspecified atom stereocenters. The van der Waals surface area contributed by atoms with E-state index in [1.54, 1.807) is 11.1 Å². The van der Waals surface area contributed by atoms with Gasteiger partial charge in [0, 0.05) is 31.4 Å². The third-order valence-corrected chi connectivity index (χ3v) is 2.85. The zero-order valence-electron chi connectivity index (χ0n) is 11.9. The molecule has 0 spiro atoms. The van der Waals surface area contributed by atoms with E-state index in [0.717, 1.165) is 12.8 Å². The van der Waals surface area contributed by atoms with Crippen LogP contribution in [0, 0.1) is 0 Å². The molecule has 1 atom stereocenters. The highest BCUT2D eigenvalue weighted by Gasteiger charge is 2.23. The van der Waals surface area contributed by atoms with Crippen molar-refractivity contribution in [1.29, 1.82) is 0 Å². The topological polar surface area (TPSA) is 98.3 Å². The van der Waals surface area contributed by atoms with E-state index in [9.17, 15) is 14.7 Å². The molecule has 0 saturated heterocycles. The molecular weight excluding hydrogens is 260 g/mol. The highest BCUT2D eigenvalue weighted by atomic mass is 16.4. The van der Waals surface area contributed by atoms with Crippen molar-refractivity contribution in [2.24, 2.45) is 0 Å². The number of aliphatic carboxylic acids is 1. The summed E-state index contributed by atoms with van der Waals surface area (Å²) in [6.07, 6.45) is 4.90. The van der Waals surface area contributed by atoms with Crippen molar-refractivity contribution in [3.8, 4) is 0 Å². The molecule has 1 rings (SSSR count). The van der Waals surface area contributed by atoms with Crippen LogP contribution in [0.4, 0.5) is 4.79 Å². The van der Waals surface area contributed by atoms with Gasteiger partial charge >= 0.3 is 12.0 Å². The summed E-state index contributed by atoms with van der Waals surface area (Å²) >= 11 is 0. The molecule has 1 aromatic rings. The molecule has 3 N–H and O–H groups in total. The maximum Gasteiger partial charge on any atom is 0.326 e. The smallest absolute Gasteiger partial charge is 0.326 e. The summed E-state index contributed by atoms with van der Waals surface area (Å²) in [5, 5.41) is 11.8. The number of aromatic amines is 1. The van der Waals surface area contributed by atoms with E-state index in [2.05, 4.69) is 15.3 Å². The minimum atomic E-state index is -1.05. The van der Waals surface area contributed by atoms with E-state index >= 15 is 0 Å². The minimum Gasteiger partial charge on any atom is -0.480 e. The van der Waals surface area contributed by atoms with Crippen molar-refractivity contribution in [1.82, 2.24) is 20.2 Å². The summed E-state index contributed by atoms with van der Waals surface area (Å²) in [7, 11) is 0. The van der Waals surface area contributed by atoms with Crippen molar-refractivity contribution in [3.05, 3.63) is 18.2 Å². The monoisotopic (exact) mass is 282 g/mol. The Bertz CT molecular complexity index is 413. The SMILES string of the molecule is CCCN(CCC)C(=O)N[C@H](Cc1cnc[nH]1)C(=O)O. The number of hydrogen-bond acceptors (Lipinski definition) is 3. The fraction of sp³-hybridized carbons (Fsp3) is 0.615. The summed E-state index contributed by atoms with van der Waals surface area (Å²) in [6, 6.07) is -1.29. The number of carbonyl (C=O) groups is 2. The Morgan fingerprint density at radius 2 is 2.05 bits per heavy atom. The van der Waals surface area contributed by atoms with Gasteiger partial charge in [0.15, 0.2) is 0 Å². The van der Waals surface area contributed by atoms with Gasteiger partial charge < -0.3 is 20.3 Å². The Morgan fingerprint density at radius 1 is 1.40 bits per heavy atom. The molecule has 0 aliphatic rings. The van der Waals surface area contributed by atoms with E-state index < -0.39 is 12.0 Å². The molecule has 112 valence electrons. The molecule has 0 saturated carbocycles. The first-order chi connectivity index (χ1) is 9.58. The second-order valence-electron chi connectivity index (χ2n) is 4.61. The average molecular weight is 282 g/mol. The quantitative estimate of drug-likeness (QED) is 0.668. The molecule has 0 fully saturated rings. The first kappa shape index (κ1) is 16.0. The summed E-state index contributed by atoms with van der Waals surface area (Å²) in [5.74, 6) is -1.05. The lowest BCUT2D eigenvalue weighted by molar-refractivity contribution is -0.139. The van der Waals surface area contributed by atoms with Crippen LogP contribution in [0.25, 0.3) is 0 Å². The standard InChI is InChI=1S/C13H22N4O3/c1-3-5-17(6-4-2)13(20)16-11(12(18)19)7-10-8-14-9-15-10/h8-9,11H,3-7H2,1-2H3,(H,14,15)(H,16,20)(H,18,19)/t11-/m1/s1. The van der Waals surface area contributed by atoms with Crippen LogP contribution >= 0.6 is 0 Å². The third kappa shape index (κ3) is 4.91. The maximum atomic E-state index is 12.1. The summed E-state index contributed by atoms with van der Waals surface area (Å²) in [6.45, 7) is 5.20. The van der Waals surface area contributed by atoms with Crippen LogP contribution < -0.4 is 5.32 Å². The number of amides is 2. The second-order valence-corrected chi connectivity index (χ2v) is 4.61. The van der Waals surface area contributed by atoms with Crippen molar-refractivity contribution in [2.75, 3.05) is 13.1 Å². The number of carboxylic acids is 1. The first-order valence-corrected chi connectivity index (χ1v) is 6.84. The number of nitrogens with one attached hydrogen (secondary N) is 2. The lowest BCUT2D eigenvalue weighted by Crippen LogP contribution is -2.49. The van der Waals surface area contributed by atoms with Gasteiger partial charge in [-0.2, -0.15) is 0 Å². The molecule has 0 aromatic carbocycles. The predicted molar refractivity (Wildman–Crippen MR) is 74.4 cm³/mol. The van der Waals surface area contributed by atoms with Crippen LogP contribution in [-0.4, -0.2) is 51.1 Å². The largest absolute Gasteiger partial charge is 0.480 e. The molecule has 0 aliphatic carbocycles. The summed E-state index contributed by atoms with van der Waals surface area (Å²) in [4.78, 5) is 31.6. The van der Waals surface area contributed by atoms with E-state index in [4.69, 9.17) is 0 Å². The number of carboxylic acid groups (broad SMARTS) is 1. The molecule has 0 bridgehead atoms. The number of aromatic nitrogens is 2. The highest BCUT2D eigenvalue weighted by Crippen LogP contribution is 2.02. The molecule has 1 aromatic heterocycles. The zero-order chi connectivity index (χ0) is 15.0. The fourth-order valence-electron chi connectivity index (χ4n) is 1.91. The zero-order valence-corrected chi connectivity index (χ0v) is 11.9. The van der Waals surface area contributed by atoms with Gasteiger partial charge in [0.1, 0.15) is 6.04 Å². The predicted octanol–water partition coefficient (Wildman–Crippen LogP) is 1.24. The van der Waals surface area contributed by atoms with E-state index in [1.165, 1.54) is 6.33 Å². The van der Waals surface area contributed by atoms with Gasteiger partial charge in [0.25, 0.3) is 0 Å². The van der Waals surface area contributed by atoms with E-state index in [0.29, 0.717) is 18.8 Å². The molecule has 0 aliphatic heterocycles. The molecule has 7 nitrogen and oxygen atoms in total. The number of imidazole rings is 1. The van der Waals surface area contributed by atoms with Gasteiger partial charge in [0.2, 0.25) is 0 Å². The van der Waals surface area contributed by atoms with Crippen LogP contribution in [0.2, 0.25) is 0 Å². The number of H-pyrrole nitrogens is 1. The third-order valence-electron chi connectivity index (χ3n) is 2.85. The number of urea groups is 1. The maximum absolute atomic E-state index is 12.1. The van der Waals surface area contributed by atoms with Crippen LogP contribution in [0.3, 0.4) is 0 Å². The molecule has 7 heteroatoms. The van der Waals surface area contributed by atoms with Crippen molar-refractivity contribution >= 4 is 12.0 Å². The lowest BCUT2D eigenvalue weighted by Gasteiger charge is -2.24. The Morgan fingerprint density at radius 3 is 2.50 bits per heavy atom. The molecule has 2 amide bonds. The van der Waals surface area contributed by atoms with Gasteiger partial charge in [-0.1, -0.05) is 13.8 Å². The number of carbonyl (C=O) groups excluding carboxylic acids is 1. The van der Waals surface area contributed by atoms with E-state index in [-0.39, 0.29) is 12.5 Å². The average Bonchev–Trinajstić information content (AvgIpc) is 2.90. The highest BCUT2D eigenvalue weighted by molar-refractivity contribution is 5.82. The molecule has 1 heterocycles. The van der Waals surface area contributed by atoms with Crippen LogP contribution in [0.15, 0.2) is 12.5 Å². The van der Waals surface area contributed by atoms with Crippen molar-refractivity contribution in [3.63, 3.8) is 0 Å². The fourth-order valence-corrected chi connectivity index (χ4v) is 1.91. The van der Waals surface area contributed by atoms with Gasteiger partial charge in [-0.15, -0.1) is 0 Å². The number of hydrogen-bond donors (Lipinski definition) is 3.